The van der Waals surface area contributed by atoms with Gasteiger partial charge in [0.25, 0.3) is 0 Å². The van der Waals surface area contributed by atoms with Gasteiger partial charge in [0.15, 0.2) is 0 Å². The largest absolute Gasteiger partial charge is 0.490 e. The normalized spacial score (nSPS) is 26.8. The Balaban J connectivity index is 0.000000256. The molecule has 0 amide bonds. The Hall–Kier alpha value is -1.54. The van der Waals surface area contributed by atoms with E-state index in [4.69, 9.17) is 19.1 Å². The van der Waals surface area contributed by atoms with E-state index in [-0.39, 0.29) is 0 Å². The molecule has 8 heteroatoms. The highest BCUT2D eigenvalue weighted by molar-refractivity contribution is 5.73. The van der Waals surface area contributed by atoms with E-state index < -0.39 is 12.1 Å². The summed E-state index contributed by atoms with van der Waals surface area (Å²) in [4.78, 5) is 11.4. The van der Waals surface area contributed by atoms with Crippen molar-refractivity contribution in [2.45, 2.75) is 32.0 Å². The molecule has 1 saturated heterocycles. The molecule has 2 aliphatic rings. The Morgan fingerprint density at radius 2 is 2.25 bits per heavy atom. The molecule has 3 rings (SSSR count). The molecule has 0 bridgehead atoms. The number of carbonyl (C=O) groups is 1. The van der Waals surface area contributed by atoms with Crippen molar-refractivity contribution >= 4 is 5.97 Å². The summed E-state index contributed by atoms with van der Waals surface area (Å²) >= 11 is 0. The van der Waals surface area contributed by atoms with Crippen molar-refractivity contribution in [2.75, 3.05) is 26.8 Å². The van der Waals surface area contributed by atoms with Crippen molar-refractivity contribution in [1.82, 2.24) is 4.90 Å². The molecule has 0 spiro atoms. The SMILES string of the molecule is COC[C@@]12CCC[C@@H]1CN(Cc1ccco1)C2.O=C(O)C(F)(F)F. The van der Waals surface area contributed by atoms with Crippen LogP contribution in [0.25, 0.3) is 0 Å². The molecule has 5 nitrogen and oxygen atoms in total. The fourth-order valence-corrected chi connectivity index (χ4v) is 3.79. The molecule has 2 atom stereocenters. The van der Waals surface area contributed by atoms with Gasteiger partial charge in [-0.15, -0.1) is 0 Å². The van der Waals surface area contributed by atoms with Gasteiger partial charge in [-0.1, -0.05) is 6.42 Å². The molecule has 1 saturated carbocycles. The molecular formula is C16H22F3NO4. The number of methoxy groups -OCH3 is 1. The highest BCUT2D eigenvalue weighted by Gasteiger charge is 2.49. The van der Waals surface area contributed by atoms with Crippen molar-refractivity contribution < 1.29 is 32.2 Å². The van der Waals surface area contributed by atoms with Crippen molar-refractivity contribution in [3.63, 3.8) is 0 Å². The minimum Gasteiger partial charge on any atom is -0.475 e. The van der Waals surface area contributed by atoms with E-state index in [1.807, 2.05) is 13.2 Å². The van der Waals surface area contributed by atoms with Gasteiger partial charge in [0.2, 0.25) is 0 Å². The number of likely N-dealkylation sites (tertiary alicyclic amines) is 1. The van der Waals surface area contributed by atoms with E-state index in [0.29, 0.717) is 5.41 Å². The smallest absolute Gasteiger partial charge is 0.475 e. The highest BCUT2D eigenvalue weighted by atomic mass is 19.4. The topological polar surface area (TPSA) is 62.9 Å². The number of carboxylic acids is 1. The van der Waals surface area contributed by atoms with Crippen LogP contribution in [0.5, 0.6) is 0 Å². The third-order valence-corrected chi connectivity index (χ3v) is 4.74. The Bertz CT molecular complexity index is 532. The first-order valence-corrected chi connectivity index (χ1v) is 7.80. The zero-order valence-corrected chi connectivity index (χ0v) is 13.5. The van der Waals surface area contributed by atoms with Crippen molar-refractivity contribution in [1.29, 1.82) is 0 Å². The molecule has 24 heavy (non-hydrogen) atoms. The number of fused-ring (bicyclic) bond motifs is 1. The van der Waals surface area contributed by atoms with Crippen LogP contribution in [0.1, 0.15) is 25.0 Å². The quantitative estimate of drug-likeness (QED) is 0.905. The van der Waals surface area contributed by atoms with Crippen LogP contribution in [-0.4, -0.2) is 49.0 Å². The molecule has 136 valence electrons. The lowest BCUT2D eigenvalue weighted by molar-refractivity contribution is -0.192. The van der Waals surface area contributed by atoms with Gasteiger partial charge in [-0.05, 0) is 30.9 Å². The van der Waals surface area contributed by atoms with E-state index in [0.717, 1.165) is 24.8 Å². The van der Waals surface area contributed by atoms with Gasteiger partial charge in [-0.25, -0.2) is 4.79 Å². The van der Waals surface area contributed by atoms with Crippen LogP contribution in [0.15, 0.2) is 22.8 Å². The molecule has 1 aliphatic carbocycles. The summed E-state index contributed by atoms with van der Waals surface area (Å²) in [5.41, 5.74) is 0.432. The second-order valence-corrected chi connectivity index (χ2v) is 6.44. The third-order valence-electron chi connectivity index (χ3n) is 4.74. The van der Waals surface area contributed by atoms with E-state index in [2.05, 4.69) is 11.0 Å². The summed E-state index contributed by atoms with van der Waals surface area (Å²) < 4.78 is 42.6. The molecule has 0 unspecified atom stereocenters. The lowest BCUT2D eigenvalue weighted by Gasteiger charge is -2.27. The fourth-order valence-electron chi connectivity index (χ4n) is 3.79. The Morgan fingerprint density at radius 1 is 1.54 bits per heavy atom. The zero-order chi connectivity index (χ0) is 17.8. The number of aliphatic carboxylic acids is 1. The predicted molar refractivity (Wildman–Crippen MR) is 79.3 cm³/mol. The summed E-state index contributed by atoms with van der Waals surface area (Å²) in [7, 11) is 1.83. The number of hydrogen-bond acceptors (Lipinski definition) is 4. The lowest BCUT2D eigenvalue weighted by atomic mass is 9.82. The summed E-state index contributed by atoms with van der Waals surface area (Å²) in [6.45, 7) is 4.26. The first-order valence-electron chi connectivity index (χ1n) is 7.80. The molecule has 1 aromatic rings. The van der Waals surface area contributed by atoms with Crippen LogP contribution < -0.4 is 0 Å². The van der Waals surface area contributed by atoms with Gasteiger partial charge in [0.1, 0.15) is 5.76 Å². The number of furan rings is 1. The molecule has 1 N–H and O–H groups in total. The van der Waals surface area contributed by atoms with Gasteiger partial charge < -0.3 is 14.3 Å². The van der Waals surface area contributed by atoms with Gasteiger partial charge in [-0.3, -0.25) is 4.90 Å². The van der Waals surface area contributed by atoms with E-state index in [1.165, 1.54) is 32.4 Å². The number of alkyl halides is 3. The lowest BCUT2D eigenvalue weighted by Crippen LogP contribution is -2.31. The van der Waals surface area contributed by atoms with E-state index in [9.17, 15) is 13.2 Å². The molecule has 1 aliphatic heterocycles. The molecule has 1 aromatic heterocycles. The zero-order valence-electron chi connectivity index (χ0n) is 13.5. The first kappa shape index (κ1) is 18.8. The third kappa shape index (κ3) is 4.51. The molecular weight excluding hydrogens is 327 g/mol. The van der Waals surface area contributed by atoms with E-state index in [1.54, 1.807) is 6.26 Å². The number of ether oxygens (including phenoxy) is 1. The van der Waals surface area contributed by atoms with Gasteiger partial charge >= 0.3 is 12.1 Å². The van der Waals surface area contributed by atoms with Crippen molar-refractivity contribution in [2.24, 2.45) is 11.3 Å². The van der Waals surface area contributed by atoms with Gasteiger partial charge in [-0.2, -0.15) is 13.2 Å². The number of halogens is 3. The predicted octanol–water partition coefficient (Wildman–Crippen LogP) is 3.16. The van der Waals surface area contributed by atoms with Crippen LogP contribution in [0, 0.1) is 11.3 Å². The van der Waals surface area contributed by atoms with Crippen LogP contribution in [0.3, 0.4) is 0 Å². The maximum atomic E-state index is 10.6. The summed E-state index contributed by atoms with van der Waals surface area (Å²) in [6.07, 6.45) is 0.762. The summed E-state index contributed by atoms with van der Waals surface area (Å²) in [5, 5.41) is 7.12. The summed E-state index contributed by atoms with van der Waals surface area (Å²) in [5.74, 6) is -0.845. The van der Waals surface area contributed by atoms with E-state index >= 15 is 0 Å². The first-order chi connectivity index (χ1) is 11.3. The Kier molecular flexibility index (Phi) is 5.92. The minimum atomic E-state index is -5.08. The van der Waals surface area contributed by atoms with Crippen LogP contribution in [0.4, 0.5) is 13.2 Å². The second-order valence-electron chi connectivity index (χ2n) is 6.44. The monoisotopic (exact) mass is 349 g/mol. The second kappa shape index (κ2) is 7.57. The van der Waals surface area contributed by atoms with Crippen molar-refractivity contribution in [3.8, 4) is 0 Å². The van der Waals surface area contributed by atoms with Gasteiger partial charge in [0.05, 0.1) is 19.4 Å². The Morgan fingerprint density at radius 3 is 2.79 bits per heavy atom. The number of rotatable bonds is 4. The average molecular weight is 349 g/mol. The van der Waals surface area contributed by atoms with Crippen LogP contribution >= 0.6 is 0 Å². The maximum Gasteiger partial charge on any atom is 0.490 e. The van der Waals surface area contributed by atoms with Crippen molar-refractivity contribution in [3.05, 3.63) is 24.2 Å². The average Bonchev–Trinajstić information content (AvgIpc) is 3.15. The minimum absolute atomic E-state index is 0.432. The van der Waals surface area contributed by atoms with Crippen LogP contribution in [0.2, 0.25) is 0 Å². The Labute approximate surface area is 138 Å². The standard InChI is InChI=1S/C14H21NO2.C2HF3O2/c1-16-11-14-6-2-4-12(14)8-15(10-14)9-13-5-3-7-17-13;3-2(4,5)1(6)7/h3,5,7,12H,2,4,6,8-11H2,1H3;(H,6,7)/t12-,14+;/m1./s1. The number of carboxylic acid groups (broad SMARTS) is 1. The van der Waals surface area contributed by atoms with Crippen LogP contribution in [-0.2, 0) is 16.1 Å². The molecule has 0 aromatic carbocycles. The number of hydrogen-bond donors (Lipinski definition) is 1. The maximum absolute atomic E-state index is 10.6. The molecule has 2 heterocycles. The summed E-state index contributed by atoms with van der Waals surface area (Å²) in [6, 6.07) is 4.04. The molecule has 0 radical (unpaired) electrons. The molecule has 2 fully saturated rings. The van der Waals surface area contributed by atoms with Gasteiger partial charge in [0, 0.05) is 25.6 Å². The number of nitrogens with zero attached hydrogens (tertiary/aromatic N) is 1. The highest BCUT2D eigenvalue weighted by Crippen LogP contribution is 2.49. The fraction of sp³-hybridized carbons (Fsp3) is 0.688.